The summed E-state index contributed by atoms with van der Waals surface area (Å²) in [5.74, 6) is -0.0705. The zero-order valence-electron chi connectivity index (χ0n) is 8.39. The third-order valence-electron chi connectivity index (χ3n) is 1.50. The maximum Gasteiger partial charge on any atom is 0.233 e. The van der Waals surface area contributed by atoms with Crippen molar-refractivity contribution < 1.29 is 9.59 Å². The minimum absolute atomic E-state index is 0.0183. The summed E-state index contributed by atoms with van der Waals surface area (Å²) in [4.78, 5) is 23.4. The Bertz CT molecular complexity index is 180. The molecular weight excluding hydrogens is 170 g/mol. The topological polar surface area (TPSA) is 61.4 Å². The summed E-state index contributed by atoms with van der Waals surface area (Å²) in [6, 6.07) is 0. The van der Waals surface area contributed by atoms with Crippen molar-refractivity contribution in [3.05, 3.63) is 0 Å². The quantitative estimate of drug-likeness (QED) is 0.568. The second-order valence-electron chi connectivity index (χ2n) is 2.92. The molecule has 0 radical (unpaired) electrons. The van der Waals surface area contributed by atoms with E-state index in [0.29, 0.717) is 13.0 Å². The van der Waals surface area contributed by atoms with E-state index >= 15 is 0 Å². The molecule has 0 rings (SSSR count). The van der Waals surface area contributed by atoms with Crippen molar-refractivity contribution in [3.63, 3.8) is 0 Å². The molecule has 0 aliphatic heterocycles. The summed E-state index contributed by atoms with van der Waals surface area (Å²) < 4.78 is 0. The maximum absolute atomic E-state index is 11.0. The number of amides is 2. The number of hydrogen-bond donors (Lipinski definition) is 2. The van der Waals surface area contributed by atoms with Gasteiger partial charge in [0.1, 0.15) is 0 Å². The minimum atomic E-state index is -0.0888. The lowest BCUT2D eigenvalue weighted by molar-refractivity contribution is -0.128. The Labute approximate surface area is 78.5 Å². The number of rotatable bonds is 5. The van der Waals surface area contributed by atoms with Crippen LogP contribution in [-0.4, -0.2) is 50.9 Å². The SMILES string of the molecule is CNCC(=O)NCCC(=O)N(C)C. The molecule has 76 valence electrons. The second-order valence-corrected chi connectivity index (χ2v) is 2.92. The van der Waals surface area contributed by atoms with Gasteiger partial charge in [-0.3, -0.25) is 9.59 Å². The van der Waals surface area contributed by atoms with Gasteiger partial charge in [0.05, 0.1) is 6.54 Å². The number of nitrogens with one attached hydrogen (secondary N) is 2. The van der Waals surface area contributed by atoms with Crippen LogP contribution < -0.4 is 10.6 Å². The molecule has 0 fully saturated rings. The van der Waals surface area contributed by atoms with Crippen LogP contribution in [0.4, 0.5) is 0 Å². The summed E-state index contributed by atoms with van der Waals surface area (Å²) in [5, 5.41) is 5.34. The van der Waals surface area contributed by atoms with Crippen LogP contribution in [-0.2, 0) is 9.59 Å². The van der Waals surface area contributed by atoms with Crippen molar-refractivity contribution >= 4 is 11.8 Å². The fourth-order valence-corrected chi connectivity index (χ4v) is 0.756. The molecule has 0 aliphatic carbocycles. The summed E-state index contributed by atoms with van der Waals surface area (Å²) in [6.45, 7) is 0.688. The Morgan fingerprint density at radius 3 is 2.38 bits per heavy atom. The van der Waals surface area contributed by atoms with Gasteiger partial charge >= 0.3 is 0 Å². The fourth-order valence-electron chi connectivity index (χ4n) is 0.756. The fraction of sp³-hybridized carbons (Fsp3) is 0.750. The Kier molecular flexibility index (Phi) is 5.88. The van der Waals surface area contributed by atoms with Crippen molar-refractivity contribution in [1.82, 2.24) is 15.5 Å². The molecule has 0 spiro atoms. The molecule has 0 heterocycles. The number of hydrogen-bond acceptors (Lipinski definition) is 3. The molecule has 5 heteroatoms. The van der Waals surface area contributed by atoms with Crippen molar-refractivity contribution in [2.45, 2.75) is 6.42 Å². The summed E-state index contributed by atoms with van der Waals surface area (Å²) >= 11 is 0. The Balaban J connectivity index is 3.45. The van der Waals surface area contributed by atoms with Gasteiger partial charge in [-0.1, -0.05) is 0 Å². The van der Waals surface area contributed by atoms with E-state index in [4.69, 9.17) is 0 Å². The van der Waals surface area contributed by atoms with Crippen LogP contribution in [0.2, 0.25) is 0 Å². The van der Waals surface area contributed by atoms with Crippen LogP contribution >= 0.6 is 0 Å². The smallest absolute Gasteiger partial charge is 0.233 e. The average molecular weight is 187 g/mol. The molecule has 2 N–H and O–H groups in total. The summed E-state index contributed by atoms with van der Waals surface area (Å²) in [7, 11) is 5.08. The van der Waals surface area contributed by atoms with Crippen LogP contribution in [0.15, 0.2) is 0 Å². The molecule has 0 atom stereocenters. The maximum atomic E-state index is 11.0. The molecule has 5 nitrogen and oxygen atoms in total. The lowest BCUT2D eigenvalue weighted by Crippen LogP contribution is -2.35. The molecule has 0 aromatic carbocycles. The number of nitrogens with zero attached hydrogens (tertiary/aromatic N) is 1. The zero-order valence-corrected chi connectivity index (χ0v) is 8.39. The van der Waals surface area contributed by atoms with Gasteiger partial charge in [0.2, 0.25) is 11.8 Å². The van der Waals surface area contributed by atoms with Gasteiger partial charge in [0.25, 0.3) is 0 Å². The van der Waals surface area contributed by atoms with E-state index in [1.54, 1.807) is 21.1 Å². The van der Waals surface area contributed by atoms with Crippen LogP contribution in [0, 0.1) is 0 Å². The molecule has 13 heavy (non-hydrogen) atoms. The van der Waals surface area contributed by atoms with E-state index in [1.807, 2.05) is 0 Å². The first-order chi connectivity index (χ1) is 6.07. The van der Waals surface area contributed by atoms with Gasteiger partial charge < -0.3 is 15.5 Å². The van der Waals surface area contributed by atoms with E-state index in [9.17, 15) is 9.59 Å². The second kappa shape index (κ2) is 6.42. The third kappa shape index (κ3) is 6.10. The van der Waals surface area contributed by atoms with Gasteiger partial charge in [-0.2, -0.15) is 0 Å². The molecule has 0 aromatic heterocycles. The van der Waals surface area contributed by atoms with Gasteiger partial charge in [0, 0.05) is 27.1 Å². The number of likely N-dealkylation sites (N-methyl/N-ethyl adjacent to an activating group) is 1. The van der Waals surface area contributed by atoms with Crippen molar-refractivity contribution in [2.75, 3.05) is 34.2 Å². The lowest BCUT2D eigenvalue weighted by Gasteiger charge is -2.10. The van der Waals surface area contributed by atoms with Gasteiger partial charge in [-0.05, 0) is 7.05 Å². The third-order valence-corrected chi connectivity index (χ3v) is 1.50. The van der Waals surface area contributed by atoms with Gasteiger partial charge in [-0.15, -0.1) is 0 Å². The van der Waals surface area contributed by atoms with Gasteiger partial charge in [0.15, 0.2) is 0 Å². The standard InChI is InChI=1S/C8H17N3O2/c1-9-6-7(12)10-5-4-8(13)11(2)3/h9H,4-6H2,1-3H3,(H,10,12). The largest absolute Gasteiger partial charge is 0.354 e. The molecule has 0 bridgehead atoms. The monoisotopic (exact) mass is 187 g/mol. The van der Waals surface area contributed by atoms with E-state index in [0.717, 1.165) is 0 Å². The molecule has 0 saturated heterocycles. The van der Waals surface area contributed by atoms with Crippen LogP contribution in [0.3, 0.4) is 0 Å². The van der Waals surface area contributed by atoms with Crippen LogP contribution in [0.25, 0.3) is 0 Å². The van der Waals surface area contributed by atoms with Crippen molar-refractivity contribution in [3.8, 4) is 0 Å². The predicted octanol–water partition coefficient (Wildman–Crippen LogP) is -1.20. The van der Waals surface area contributed by atoms with Crippen LogP contribution in [0.5, 0.6) is 0 Å². The van der Waals surface area contributed by atoms with Crippen molar-refractivity contribution in [2.24, 2.45) is 0 Å². The Morgan fingerprint density at radius 1 is 1.31 bits per heavy atom. The van der Waals surface area contributed by atoms with Crippen molar-refractivity contribution in [1.29, 1.82) is 0 Å². The first kappa shape index (κ1) is 11.9. The highest BCUT2D eigenvalue weighted by Gasteiger charge is 2.04. The molecule has 0 saturated carbocycles. The molecule has 0 aromatic rings. The van der Waals surface area contributed by atoms with E-state index < -0.39 is 0 Å². The molecular formula is C8H17N3O2. The first-order valence-electron chi connectivity index (χ1n) is 4.19. The lowest BCUT2D eigenvalue weighted by atomic mass is 10.4. The first-order valence-corrected chi connectivity index (χ1v) is 4.19. The predicted molar refractivity (Wildman–Crippen MR) is 50.2 cm³/mol. The average Bonchev–Trinajstić information content (AvgIpc) is 2.04. The Hall–Kier alpha value is -1.10. The highest BCUT2D eigenvalue weighted by atomic mass is 16.2. The van der Waals surface area contributed by atoms with Crippen LogP contribution in [0.1, 0.15) is 6.42 Å². The highest BCUT2D eigenvalue weighted by Crippen LogP contribution is 1.84. The number of carbonyl (C=O) groups excluding carboxylic acids is 2. The number of carbonyl (C=O) groups is 2. The molecule has 0 unspecified atom stereocenters. The molecule has 2 amide bonds. The zero-order chi connectivity index (χ0) is 10.3. The summed E-state index contributed by atoms with van der Waals surface area (Å²) in [5.41, 5.74) is 0. The van der Waals surface area contributed by atoms with E-state index in [2.05, 4.69) is 10.6 Å². The van der Waals surface area contributed by atoms with Gasteiger partial charge in [-0.25, -0.2) is 0 Å². The highest BCUT2D eigenvalue weighted by molar-refractivity contribution is 5.79. The summed E-state index contributed by atoms with van der Waals surface area (Å²) in [6.07, 6.45) is 0.350. The minimum Gasteiger partial charge on any atom is -0.354 e. The van der Waals surface area contributed by atoms with E-state index in [-0.39, 0.29) is 18.4 Å². The van der Waals surface area contributed by atoms with E-state index in [1.165, 1.54) is 4.90 Å². The molecule has 0 aliphatic rings. The normalized spacial score (nSPS) is 9.46. The Morgan fingerprint density at radius 2 is 1.92 bits per heavy atom.